The van der Waals surface area contributed by atoms with Gasteiger partial charge in [-0.25, -0.2) is 0 Å². The van der Waals surface area contributed by atoms with Crippen molar-refractivity contribution in [2.75, 3.05) is 63.9 Å². The number of hydrogen-bond donors (Lipinski definition) is 3. The first-order valence-electron chi connectivity index (χ1n) is 15.9. The number of β-amino-alcohol motifs (C(OH)–C–C–N with tert-alkyl or cyclic N) is 1. The molecule has 1 amide bonds. The summed E-state index contributed by atoms with van der Waals surface area (Å²) in [4.78, 5) is 22.8. The molecular formula is C35H46N4O4. The van der Waals surface area contributed by atoms with E-state index in [-0.39, 0.29) is 5.91 Å². The van der Waals surface area contributed by atoms with E-state index in [2.05, 4.69) is 71.2 Å². The van der Waals surface area contributed by atoms with Gasteiger partial charge in [-0.05, 0) is 93.9 Å². The van der Waals surface area contributed by atoms with E-state index in [0.717, 1.165) is 57.8 Å². The molecule has 0 bridgehead atoms. The molecule has 1 atom stereocenters. The molecule has 3 N–H and O–H groups in total. The number of H-pyrrole nitrogens is 1. The van der Waals surface area contributed by atoms with Crippen molar-refractivity contribution >= 4 is 28.6 Å². The molecule has 0 radical (unpaired) electrons. The molecular weight excluding hydrogens is 540 g/mol. The molecule has 1 unspecified atom stereocenters. The van der Waals surface area contributed by atoms with E-state index in [9.17, 15) is 15.0 Å². The zero-order valence-corrected chi connectivity index (χ0v) is 25.6. The number of hydrogen-bond acceptors (Lipinski definition) is 6. The number of benzene rings is 2. The van der Waals surface area contributed by atoms with Crippen molar-refractivity contribution < 1.29 is 19.7 Å². The first-order valence-corrected chi connectivity index (χ1v) is 15.9. The Labute approximate surface area is 254 Å². The number of ether oxygens (including phenoxy) is 1. The summed E-state index contributed by atoms with van der Waals surface area (Å²) in [5.41, 5.74) is 6.01. The number of aliphatic hydroxyl groups is 2. The van der Waals surface area contributed by atoms with Gasteiger partial charge in [-0.1, -0.05) is 29.3 Å². The average molecular weight is 587 g/mol. The number of carbonyl (C=O) groups excluding carboxylic acids is 1. The second-order valence-corrected chi connectivity index (χ2v) is 12.8. The molecule has 0 aliphatic carbocycles. The highest BCUT2D eigenvalue weighted by Gasteiger charge is 2.40. The van der Waals surface area contributed by atoms with Crippen LogP contribution in [0.5, 0.6) is 0 Å². The molecule has 1 aromatic heterocycles. The van der Waals surface area contributed by atoms with Crippen LogP contribution in [0.2, 0.25) is 0 Å². The van der Waals surface area contributed by atoms with Gasteiger partial charge in [0.15, 0.2) is 0 Å². The zero-order valence-electron chi connectivity index (χ0n) is 25.6. The second kappa shape index (κ2) is 12.8. The van der Waals surface area contributed by atoms with Crippen LogP contribution in [0, 0.1) is 13.8 Å². The standard InChI is InChI=1S/C35H46N4O4/c1-25-19-26(2)21-27(20-25)3-6-34(41)39-13-9-35(42,10-14-39)33(40)24-37-11-7-28(8-12-37)31-23-36-32-5-4-29(22-30(31)32)38-15-17-43-18-16-38/h3-6,19-23,28,33,36,40,42H,7-18,24H2,1-2H3/b6-3+. The Morgan fingerprint density at radius 3 is 2.42 bits per heavy atom. The number of nitrogens with one attached hydrogen (secondary N) is 1. The highest BCUT2D eigenvalue weighted by Crippen LogP contribution is 2.36. The Morgan fingerprint density at radius 2 is 1.72 bits per heavy atom. The number of fused-ring (bicyclic) bond motifs is 1. The normalized spacial score (nSPS) is 21.1. The smallest absolute Gasteiger partial charge is 0.246 e. The van der Waals surface area contributed by atoms with E-state index >= 15 is 0 Å². The number of carbonyl (C=O) groups is 1. The maximum absolute atomic E-state index is 12.8. The second-order valence-electron chi connectivity index (χ2n) is 12.8. The third-order valence-corrected chi connectivity index (χ3v) is 9.76. The quantitative estimate of drug-likeness (QED) is 0.359. The summed E-state index contributed by atoms with van der Waals surface area (Å²) in [6.07, 6.45) is 7.64. The molecule has 43 heavy (non-hydrogen) atoms. The molecule has 0 saturated carbocycles. The topological polar surface area (TPSA) is 92.3 Å². The van der Waals surface area contributed by atoms with Gasteiger partial charge in [-0.2, -0.15) is 0 Å². The van der Waals surface area contributed by atoms with Gasteiger partial charge >= 0.3 is 0 Å². The summed E-state index contributed by atoms with van der Waals surface area (Å²) in [5.74, 6) is 0.420. The number of piperidine rings is 2. The number of aromatic nitrogens is 1. The number of rotatable bonds is 7. The van der Waals surface area contributed by atoms with Crippen LogP contribution >= 0.6 is 0 Å². The number of aromatic amines is 1. The van der Waals surface area contributed by atoms with Crippen molar-refractivity contribution in [3.63, 3.8) is 0 Å². The molecule has 2 aromatic carbocycles. The minimum absolute atomic E-state index is 0.0490. The van der Waals surface area contributed by atoms with Gasteiger partial charge in [0.25, 0.3) is 0 Å². The van der Waals surface area contributed by atoms with E-state index < -0.39 is 11.7 Å². The Bertz CT molecular complexity index is 1420. The summed E-state index contributed by atoms with van der Waals surface area (Å²) in [6.45, 7) is 10.6. The van der Waals surface area contributed by atoms with Crippen molar-refractivity contribution in [3.8, 4) is 0 Å². The number of aliphatic hydroxyl groups excluding tert-OH is 1. The van der Waals surface area contributed by atoms with Crippen LogP contribution in [0.1, 0.15) is 53.9 Å². The van der Waals surface area contributed by atoms with Gasteiger partial charge in [0.1, 0.15) is 0 Å². The maximum Gasteiger partial charge on any atom is 0.246 e. The summed E-state index contributed by atoms with van der Waals surface area (Å²) in [6, 6.07) is 13.0. The predicted molar refractivity (Wildman–Crippen MR) is 171 cm³/mol. The Kier molecular flexibility index (Phi) is 8.91. The fourth-order valence-corrected chi connectivity index (χ4v) is 7.15. The number of amides is 1. The highest BCUT2D eigenvalue weighted by molar-refractivity contribution is 5.92. The van der Waals surface area contributed by atoms with Crippen molar-refractivity contribution in [2.24, 2.45) is 0 Å². The number of aryl methyl sites for hydroxylation is 2. The van der Waals surface area contributed by atoms with Crippen molar-refractivity contribution in [3.05, 3.63) is 70.9 Å². The molecule has 3 aliphatic rings. The van der Waals surface area contributed by atoms with Gasteiger partial charge in [0.2, 0.25) is 5.91 Å². The van der Waals surface area contributed by atoms with Crippen LogP contribution < -0.4 is 4.90 Å². The predicted octanol–water partition coefficient (Wildman–Crippen LogP) is 4.23. The van der Waals surface area contributed by atoms with Gasteiger partial charge in [0.05, 0.1) is 24.9 Å². The lowest BCUT2D eigenvalue weighted by molar-refractivity contribution is -0.140. The molecule has 8 heteroatoms. The van der Waals surface area contributed by atoms with E-state index in [1.807, 2.05) is 6.08 Å². The molecule has 0 spiro atoms. The van der Waals surface area contributed by atoms with Crippen molar-refractivity contribution in [1.29, 1.82) is 0 Å². The molecule has 3 saturated heterocycles. The fraction of sp³-hybridized carbons (Fsp3) is 0.514. The van der Waals surface area contributed by atoms with E-state index in [1.165, 1.54) is 33.3 Å². The number of nitrogens with zero attached hydrogens (tertiary/aromatic N) is 3. The minimum Gasteiger partial charge on any atom is -0.389 e. The molecule has 3 aliphatic heterocycles. The third kappa shape index (κ3) is 6.83. The molecule has 230 valence electrons. The first kappa shape index (κ1) is 29.9. The lowest BCUT2D eigenvalue weighted by Crippen LogP contribution is -2.56. The first-order chi connectivity index (χ1) is 20.8. The van der Waals surface area contributed by atoms with Crippen LogP contribution in [-0.2, 0) is 9.53 Å². The van der Waals surface area contributed by atoms with E-state index in [1.54, 1.807) is 11.0 Å². The summed E-state index contributed by atoms with van der Waals surface area (Å²) in [7, 11) is 0. The summed E-state index contributed by atoms with van der Waals surface area (Å²) >= 11 is 0. The molecule has 4 heterocycles. The Morgan fingerprint density at radius 1 is 1.02 bits per heavy atom. The van der Waals surface area contributed by atoms with Crippen LogP contribution in [0.3, 0.4) is 0 Å². The number of morpholine rings is 1. The third-order valence-electron chi connectivity index (χ3n) is 9.76. The van der Waals surface area contributed by atoms with Gasteiger partial charge in [-0.15, -0.1) is 0 Å². The maximum atomic E-state index is 12.8. The lowest BCUT2D eigenvalue weighted by atomic mass is 9.84. The van der Waals surface area contributed by atoms with Gasteiger partial charge < -0.3 is 34.6 Å². The van der Waals surface area contributed by atoms with E-state index in [4.69, 9.17) is 4.74 Å². The van der Waals surface area contributed by atoms with Gasteiger partial charge in [-0.3, -0.25) is 4.79 Å². The van der Waals surface area contributed by atoms with Crippen LogP contribution in [0.25, 0.3) is 17.0 Å². The zero-order chi connectivity index (χ0) is 30.0. The Hall–Kier alpha value is -3.17. The summed E-state index contributed by atoms with van der Waals surface area (Å²) in [5, 5.41) is 23.8. The molecule has 3 fully saturated rings. The SMILES string of the molecule is Cc1cc(C)cc(/C=C/C(=O)N2CCC(O)(C(O)CN3CCC(c4c[nH]c5ccc(N6CCOCC6)cc45)CC3)CC2)c1. The van der Waals surface area contributed by atoms with Crippen molar-refractivity contribution in [1.82, 2.24) is 14.8 Å². The van der Waals surface area contributed by atoms with E-state index in [0.29, 0.717) is 38.4 Å². The Balaban J connectivity index is 0.997. The molecule has 3 aromatic rings. The van der Waals surface area contributed by atoms with Gasteiger partial charge in [0, 0.05) is 61.6 Å². The average Bonchev–Trinajstić information content (AvgIpc) is 3.44. The number of anilines is 1. The minimum atomic E-state index is -1.17. The highest BCUT2D eigenvalue weighted by atomic mass is 16.5. The summed E-state index contributed by atoms with van der Waals surface area (Å²) < 4.78 is 5.53. The van der Waals surface area contributed by atoms with Crippen LogP contribution in [0.15, 0.2) is 48.7 Å². The fourth-order valence-electron chi connectivity index (χ4n) is 7.15. The molecule has 6 rings (SSSR count). The van der Waals surface area contributed by atoms with Crippen molar-refractivity contribution in [2.45, 2.75) is 57.2 Å². The lowest BCUT2D eigenvalue weighted by Gasteiger charge is -2.43. The van der Waals surface area contributed by atoms with Crippen LogP contribution in [-0.4, -0.2) is 102 Å². The molecule has 8 nitrogen and oxygen atoms in total. The van der Waals surface area contributed by atoms with Crippen LogP contribution in [0.4, 0.5) is 5.69 Å². The monoisotopic (exact) mass is 586 g/mol. The number of likely N-dealkylation sites (tertiary alicyclic amines) is 2. The largest absolute Gasteiger partial charge is 0.389 e.